The maximum Gasteiger partial charge on any atom is 0.155 e. The minimum atomic E-state index is 0.0755. The second-order valence-corrected chi connectivity index (χ2v) is 7.56. The Morgan fingerprint density at radius 2 is 1.32 bits per heavy atom. The molecule has 140 valence electrons. The monoisotopic (exact) mass is 366 g/mol. The van der Waals surface area contributed by atoms with E-state index in [-0.39, 0.29) is 12.0 Å². The summed E-state index contributed by atoms with van der Waals surface area (Å²) in [6, 6.07) is 27.7. The number of aliphatic imine (C=N–C) groups is 2. The Morgan fingerprint density at radius 1 is 0.750 bits per heavy atom. The number of amidine groups is 1. The first-order valence-electron chi connectivity index (χ1n) is 10.0. The zero-order valence-corrected chi connectivity index (χ0v) is 16.8. The van der Waals surface area contributed by atoms with Crippen LogP contribution in [0.25, 0.3) is 0 Å². The predicted octanol–water partition coefficient (Wildman–Crippen LogP) is 6.32. The van der Waals surface area contributed by atoms with Crippen molar-refractivity contribution >= 4 is 11.5 Å². The van der Waals surface area contributed by atoms with Crippen molar-refractivity contribution in [2.24, 2.45) is 15.9 Å². The van der Waals surface area contributed by atoms with Gasteiger partial charge >= 0.3 is 0 Å². The van der Waals surface area contributed by atoms with Gasteiger partial charge in [0, 0.05) is 11.5 Å². The van der Waals surface area contributed by atoms with Crippen LogP contribution in [0.2, 0.25) is 0 Å². The molecule has 2 atom stereocenters. The molecule has 0 spiro atoms. The fraction of sp³-hybridized carbons (Fsp3) is 0.231. The van der Waals surface area contributed by atoms with Gasteiger partial charge in [-0.3, -0.25) is 4.99 Å². The van der Waals surface area contributed by atoms with E-state index < -0.39 is 0 Å². The SMILES string of the molecule is CCC1C(c2ccccc2)=NC(c2ccccc2)=NC1c1cc(C)cc(C)c1. The molecule has 1 heterocycles. The van der Waals surface area contributed by atoms with Crippen LogP contribution >= 0.6 is 0 Å². The van der Waals surface area contributed by atoms with Gasteiger partial charge in [-0.2, -0.15) is 0 Å². The molecule has 3 aromatic carbocycles. The summed E-state index contributed by atoms with van der Waals surface area (Å²) in [5, 5.41) is 0. The van der Waals surface area contributed by atoms with Crippen molar-refractivity contribution in [2.75, 3.05) is 0 Å². The fourth-order valence-corrected chi connectivity index (χ4v) is 4.12. The van der Waals surface area contributed by atoms with E-state index in [0.29, 0.717) is 0 Å². The lowest BCUT2D eigenvalue weighted by Gasteiger charge is -2.30. The first kappa shape index (κ1) is 18.4. The Bertz CT molecular complexity index is 997. The third-order valence-corrected chi connectivity index (χ3v) is 5.35. The molecular weight excluding hydrogens is 340 g/mol. The van der Waals surface area contributed by atoms with Gasteiger partial charge in [0.15, 0.2) is 5.84 Å². The highest BCUT2D eigenvalue weighted by molar-refractivity contribution is 6.15. The molecule has 3 aromatic rings. The highest BCUT2D eigenvalue weighted by Gasteiger charge is 2.31. The van der Waals surface area contributed by atoms with Crippen molar-refractivity contribution in [1.29, 1.82) is 0 Å². The number of hydrogen-bond donors (Lipinski definition) is 0. The largest absolute Gasteiger partial charge is 0.257 e. The third-order valence-electron chi connectivity index (χ3n) is 5.35. The quantitative estimate of drug-likeness (QED) is 0.516. The lowest BCUT2D eigenvalue weighted by Crippen LogP contribution is -2.28. The van der Waals surface area contributed by atoms with Gasteiger partial charge in [0.25, 0.3) is 0 Å². The van der Waals surface area contributed by atoms with Gasteiger partial charge in [-0.15, -0.1) is 0 Å². The van der Waals surface area contributed by atoms with Crippen molar-refractivity contribution in [3.63, 3.8) is 0 Å². The molecule has 0 N–H and O–H groups in total. The molecule has 1 aliphatic rings. The van der Waals surface area contributed by atoms with E-state index in [1.54, 1.807) is 0 Å². The summed E-state index contributed by atoms with van der Waals surface area (Å²) >= 11 is 0. The van der Waals surface area contributed by atoms with E-state index in [2.05, 4.69) is 81.4 Å². The molecule has 1 aliphatic heterocycles. The number of rotatable bonds is 4. The molecule has 0 saturated carbocycles. The third kappa shape index (κ3) is 3.68. The Labute approximate surface area is 167 Å². The topological polar surface area (TPSA) is 24.7 Å². The molecule has 0 aromatic heterocycles. The van der Waals surface area contributed by atoms with Crippen LogP contribution < -0.4 is 0 Å². The lowest BCUT2D eigenvalue weighted by molar-refractivity contribution is 0.532. The zero-order valence-electron chi connectivity index (χ0n) is 16.8. The van der Waals surface area contributed by atoms with Crippen molar-refractivity contribution < 1.29 is 0 Å². The first-order valence-corrected chi connectivity index (χ1v) is 10.0. The van der Waals surface area contributed by atoms with Crippen LogP contribution in [0.3, 0.4) is 0 Å². The van der Waals surface area contributed by atoms with Gasteiger partial charge in [-0.1, -0.05) is 96.9 Å². The van der Waals surface area contributed by atoms with Gasteiger partial charge < -0.3 is 0 Å². The maximum absolute atomic E-state index is 5.16. The zero-order chi connectivity index (χ0) is 19.5. The van der Waals surface area contributed by atoms with Gasteiger partial charge in [0.2, 0.25) is 0 Å². The summed E-state index contributed by atoms with van der Waals surface area (Å²) in [5.74, 6) is 1.09. The molecule has 2 heteroatoms. The Kier molecular flexibility index (Phi) is 5.21. The summed E-state index contributed by atoms with van der Waals surface area (Å²) in [4.78, 5) is 10.2. The number of benzene rings is 3. The van der Waals surface area contributed by atoms with Crippen molar-refractivity contribution in [3.8, 4) is 0 Å². The first-order chi connectivity index (χ1) is 13.7. The normalized spacial score (nSPS) is 19.1. The number of hydrogen-bond acceptors (Lipinski definition) is 2. The fourth-order valence-electron chi connectivity index (χ4n) is 4.12. The molecule has 0 radical (unpaired) electrons. The van der Waals surface area contributed by atoms with Crippen LogP contribution in [0.1, 0.15) is 47.2 Å². The van der Waals surface area contributed by atoms with E-state index in [9.17, 15) is 0 Å². The van der Waals surface area contributed by atoms with Crippen molar-refractivity contribution in [1.82, 2.24) is 0 Å². The van der Waals surface area contributed by atoms with Crippen LogP contribution in [0.15, 0.2) is 88.8 Å². The van der Waals surface area contributed by atoms with E-state index in [4.69, 9.17) is 9.98 Å². The molecule has 0 fully saturated rings. The van der Waals surface area contributed by atoms with E-state index >= 15 is 0 Å². The summed E-state index contributed by atoms with van der Waals surface area (Å²) in [5.41, 5.74) is 7.24. The molecule has 0 aliphatic carbocycles. The Hall–Kier alpha value is -3.00. The molecule has 0 amide bonds. The van der Waals surface area contributed by atoms with Crippen LogP contribution in [0.5, 0.6) is 0 Å². The van der Waals surface area contributed by atoms with Gasteiger partial charge in [0.1, 0.15) is 0 Å². The molecular formula is C26H26N2. The number of aryl methyl sites for hydroxylation is 2. The Morgan fingerprint density at radius 3 is 1.89 bits per heavy atom. The number of nitrogens with zero attached hydrogens (tertiary/aromatic N) is 2. The second kappa shape index (κ2) is 7.93. The van der Waals surface area contributed by atoms with Crippen LogP contribution in [-0.4, -0.2) is 11.5 Å². The minimum Gasteiger partial charge on any atom is -0.257 e. The highest BCUT2D eigenvalue weighted by Crippen LogP contribution is 2.36. The Balaban J connectivity index is 1.89. The second-order valence-electron chi connectivity index (χ2n) is 7.56. The minimum absolute atomic E-state index is 0.0755. The lowest BCUT2D eigenvalue weighted by atomic mass is 9.82. The molecule has 4 rings (SSSR count). The van der Waals surface area contributed by atoms with E-state index in [1.165, 1.54) is 22.3 Å². The van der Waals surface area contributed by atoms with Crippen LogP contribution in [-0.2, 0) is 0 Å². The van der Waals surface area contributed by atoms with Crippen molar-refractivity contribution in [2.45, 2.75) is 33.2 Å². The average Bonchev–Trinajstić information content (AvgIpc) is 2.73. The summed E-state index contributed by atoms with van der Waals surface area (Å²) < 4.78 is 0. The summed E-state index contributed by atoms with van der Waals surface area (Å²) in [6.45, 7) is 6.56. The van der Waals surface area contributed by atoms with E-state index in [0.717, 1.165) is 23.5 Å². The molecule has 28 heavy (non-hydrogen) atoms. The van der Waals surface area contributed by atoms with Crippen molar-refractivity contribution in [3.05, 3.63) is 107 Å². The van der Waals surface area contributed by atoms with Crippen LogP contribution in [0, 0.1) is 19.8 Å². The molecule has 0 saturated heterocycles. The van der Waals surface area contributed by atoms with Gasteiger partial charge in [-0.05, 0) is 31.4 Å². The standard InChI is InChI=1S/C26H26N2/c1-4-23-24(20-11-7-5-8-12-20)27-26(21-13-9-6-10-14-21)28-25(23)22-16-18(2)15-19(3)17-22/h5-17,23,25H,4H2,1-3H3. The molecule has 0 bridgehead atoms. The molecule has 2 unspecified atom stereocenters. The molecule has 2 nitrogen and oxygen atoms in total. The summed E-state index contributed by atoms with van der Waals surface area (Å²) in [6.07, 6.45) is 0.997. The maximum atomic E-state index is 5.16. The average molecular weight is 367 g/mol. The summed E-state index contributed by atoms with van der Waals surface area (Å²) in [7, 11) is 0. The highest BCUT2D eigenvalue weighted by atomic mass is 15.0. The van der Waals surface area contributed by atoms with E-state index in [1.807, 2.05) is 18.2 Å². The predicted molar refractivity (Wildman–Crippen MR) is 118 cm³/mol. The van der Waals surface area contributed by atoms with Crippen LogP contribution in [0.4, 0.5) is 0 Å². The van der Waals surface area contributed by atoms with Gasteiger partial charge in [0.05, 0.1) is 11.8 Å². The van der Waals surface area contributed by atoms with Gasteiger partial charge in [-0.25, -0.2) is 4.99 Å². The smallest absolute Gasteiger partial charge is 0.155 e.